The maximum absolute atomic E-state index is 14.5. The molecule has 1 saturated carbocycles. The Morgan fingerprint density at radius 3 is 2.42 bits per heavy atom. The van der Waals surface area contributed by atoms with Gasteiger partial charge in [-0.05, 0) is 12.8 Å². The maximum Gasteiger partial charge on any atom is 0.255 e. The first-order chi connectivity index (χ1) is 12.5. The monoisotopic (exact) mass is 381 g/mol. The Labute approximate surface area is 152 Å². The highest BCUT2D eigenvalue weighted by atomic mass is 35.5. The quantitative estimate of drug-likeness (QED) is 0.637. The summed E-state index contributed by atoms with van der Waals surface area (Å²) in [6.07, 6.45) is 5.33. The molecular weight excluding hydrogens is 367 g/mol. The van der Waals surface area contributed by atoms with E-state index in [9.17, 15) is 13.2 Å². The fourth-order valence-electron chi connectivity index (χ4n) is 3.59. The minimum atomic E-state index is -1.05. The van der Waals surface area contributed by atoms with Gasteiger partial charge in [0.2, 0.25) is 0 Å². The second-order valence-corrected chi connectivity index (χ2v) is 6.72. The smallest absolute Gasteiger partial charge is 0.255 e. The highest BCUT2D eigenvalue weighted by Gasteiger charge is 2.29. The third-order valence-corrected chi connectivity index (χ3v) is 5.10. The number of halogens is 4. The van der Waals surface area contributed by atoms with Crippen molar-refractivity contribution in [1.82, 2.24) is 19.6 Å². The van der Waals surface area contributed by atoms with Crippen molar-refractivity contribution in [3.63, 3.8) is 0 Å². The van der Waals surface area contributed by atoms with Crippen molar-refractivity contribution in [2.75, 3.05) is 11.9 Å². The molecule has 0 amide bonds. The average Bonchev–Trinajstić information content (AvgIpc) is 3.24. The molecule has 1 aliphatic rings. The second-order valence-electron chi connectivity index (χ2n) is 6.37. The molecule has 0 spiro atoms. The predicted molar refractivity (Wildman–Crippen MR) is 91.8 cm³/mol. The molecule has 136 valence electrons. The Hall–Kier alpha value is -2.35. The summed E-state index contributed by atoms with van der Waals surface area (Å²) < 4.78 is 43.8. The van der Waals surface area contributed by atoms with Crippen LogP contribution in [0.2, 0.25) is 5.15 Å². The summed E-state index contributed by atoms with van der Waals surface area (Å²) in [4.78, 5) is 10.0. The molecule has 26 heavy (non-hydrogen) atoms. The van der Waals surface area contributed by atoms with Crippen LogP contribution < -0.4 is 4.90 Å². The van der Waals surface area contributed by atoms with Gasteiger partial charge in [0, 0.05) is 25.2 Å². The molecule has 5 nitrogen and oxygen atoms in total. The molecule has 3 aromatic rings. The molecule has 0 aliphatic heterocycles. The molecule has 9 heteroatoms. The molecular formula is C17H15ClF3N5. The van der Waals surface area contributed by atoms with Crippen LogP contribution in [-0.4, -0.2) is 32.7 Å². The molecule has 0 saturated heterocycles. The molecule has 0 N–H and O–H groups in total. The van der Waals surface area contributed by atoms with E-state index in [4.69, 9.17) is 11.6 Å². The predicted octanol–water partition coefficient (Wildman–Crippen LogP) is 4.24. The maximum atomic E-state index is 14.5. The molecule has 1 aromatic carbocycles. The fraction of sp³-hybridized carbons (Fsp3) is 0.353. The zero-order valence-electron chi connectivity index (χ0n) is 13.9. The lowest BCUT2D eigenvalue weighted by Gasteiger charge is -2.29. The summed E-state index contributed by atoms with van der Waals surface area (Å²) in [5, 5.41) is 4.02. The van der Waals surface area contributed by atoms with Crippen molar-refractivity contribution >= 4 is 23.2 Å². The van der Waals surface area contributed by atoms with Gasteiger partial charge in [-0.1, -0.05) is 24.4 Å². The lowest BCUT2D eigenvalue weighted by atomic mass is 10.0. The largest absolute Gasteiger partial charge is 0.356 e. The van der Waals surface area contributed by atoms with Crippen LogP contribution >= 0.6 is 11.6 Å². The van der Waals surface area contributed by atoms with Gasteiger partial charge in [0.1, 0.15) is 34.7 Å². The Morgan fingerprint density at radius 1 is 1.12 bits per heavy atom. The third kappa shape index (κ3) is 2.68. The lowest BCUT2D eigenvalue weighted by Crippen LogP contribution is -2.31. The zero-order chi connectivity index (χ0) is 18.4. The van der Waals surface area contributed by atoms with Gasteiger partial charge in [0.05, 0.1) is 11.1 Å². The second kappa shape index (κ2) is 6.42. The van der Waals surface area contributed by atoms with Crippen molar-refractivity contribution in [3.05, 3.63) is 41.1 Å². The van der Waals surface area contributed by atoms with Crippen molar-refractivity contribution in [3.8, 4) is 11.1 Å². The van der Waals surface area contributed by atoms with E-state index in [1.54, 1.807) is 0 Å². The first-order valence-corrected chi connectivity index (χ1v) is 8.62. The molecule has 4 rings (SSSR count). The first-order valence-electron chi connectivity index (χ1n) is 8.24. The van der Waals surface area contributed by atoms with E-state index in [1.807, 2.05) is 11.9 Å². The zero-order valence-corrected chi connectivity index (χ0v) is 14.6. The van der Waals surface area contributed by atoms with Gasteiger partial charge >= 0.3 is 0 Å². The molecule has 1 aliphatic carbocycles. The Balaban J connectivity index is 2.03. The number of benzene rings is 1. The van der Waals surface area contributed by atoms with E-state index < -0.39 is 23.0 Å². The van der Waals surface area contributed by atoms with Gasteiger partial charge in [0.15, 0.2) is 0 Å². The van der Waals surface area contributed by atoms with E-state index in [2.05, 4.69) is 15.1 Å². The molecule has 2 aromatic heterocycles. The SMILES string of the molecule is CN(c1c(-c2c(F)cc(F)cc2F)c(Cl)nc2ncnn12)C1CCCC1. The number of hydrogen-bond acceptors (Lipinski definition) is 4. The van der Waals surface area contributed by atoms with Gasteiger partial charge in [-0.2, -0.15) is 19.6 Å². The van der Waals surface area contributed by atoms with Crippen molar-refractivity contribution in [2.24, 2.45) is 0 Å². The summed E-state index contributed by atoms with van der Waals surface area (Å²) in [6.45, 7) is 0. The van der Waals surface area contributed by atoms with Crippen molar-refractivity contribution in [1.29, 1.82) is 0 Å². The minimum absolute atomic E-state index is 0.0362. The van der Waals surface area contributed by atoms with E-state index >= 15 is 0 Å². The normalized spacial score (nSPS) is 15.1. The van der Waals surface area contributed by atoms with Crippen LogP contribution in [0.1, 0.15) is 25.7 Å². The van der Waals surface area contributed by atoms with Crippen LogP contribution in [-0.2, 0) is 0 Å². The van der Waals surface area contributed by atoms with Gasteiger partial charge in [-0.25, -0.2) is 13.2 Å². The highest BCUT2D eigenvalue weighted by molar-refractivity contribution is 6.33. The van der Waals surface area contributed by atoms with E-state index in [1.165, 1.54) is 10.8 Å². The molecule has 0 bridgehead atoms. The number of anilines is 1. The van der Waals surface area contributed by atoms with Crippen molar-refractivity contribution < 1.29 is 13.2 Å². The summed E-state index contributed by atoms with van der Waals surface area (Å²) in [6, 6.07) is 1.42. The van der Waals surface area contributed by atoms with Crippen LogP contribution in [0.5, 0.6) is 0 Å². The Kier molecular flexibility index (Phi) is 4.22. The van der Waals surface area contributed by atoms with Crippen LogP contribution in [0.4, 0.5) is 19.0 Å². The lowest BCUT2D eigenvalue weighted by molar-refractivity contribution is 0.547. The number of aromatic nitrogens is 4. The van der Waals surface area contributed by atoms with Gasteiger partial charge < -0.3 is 4.90 Å². The highest BCUT2D eigenvalue weighted by Crippen LogP contribution is 2.40. The van der Waals surface area contributed by atoms with E-state index in [0.717, 1.165) is 25.7 Å². The summed E-state index contributed by atoms with van der Waals surface area (Å²) in [5.41, 5.74) is -0.393. The number of hydrogen-bond donors (Lipinski definition) is 0. The van der Waals surface area contributed by atoms with Crippen LogP contribution in [0.3, 0.4) is 0 Å². The van der Waals surface area contributed by atoms with Crippen molar-refractivity contribution in [2.45, 2.75) is 31.7 Å². The molecule has 0 atom stereocenters. The standard InChI is InChI=1S/C17H15ClF3N5/c1-25(10-4-2-3-5-10)16-14(13-11(20)6-9(19)7-12(13)21)15(18)24-17-22-8-23-26(16)17/h6-8,10H,2-5H2,1H3. The third-order valence-electron chi connectivity index (χ3n) is 4.82. The van der Waals surface area contributed by atoms with Gasteiger partial charge in [0.25, 0.3) is 5.78 Å². The summed E-state index contributed by atoms with van der Waals surface area (Å²) >= 11 is 6.29. The number of nitrogens with zero attached hydrogens (tertiary/aromatic N) is 5. The molecule has 0 unspecified atom stereocenters. The fourth-order valence-corrected chi connectivity index (χ4v) is 3.84. The first kappa shape index (κ1) is 17.1. The molecule has 0 radical (unpaired) electrons. The topological polar surface area (TPSA) is 46.3 Å². The minimum Gasteiger partial charge on any atom is -0.356 e. The van der Waals surface area contributed by atoms with Crippen LogP contribution in [0.15, 0.2) is 18.5 Å². The number of fused-ring (bicyclic) bond motifs is 1. The van der Waals surface area contributed by atoms with E-state index in [0.29, 0.717) is 18.0 Å². The molecule has 1 fully saturated rings. The van der Waals surface area contributed by atoms with E-state index in [-0.39, 0.29) is 22.5 Å². The average molecular weight is 382 g/mol. The van der Waals surface area contributed by atoms with Gasteiger partial charge in [-0.3, -0.25) is 0 Å². The summed E-state index contributed by atoms with van der Waals surface area (Å²) in [7, 11) is 1.83. The molecule has 2 heterocycles. The Morgan fingerprint density at radius 2 is 1.77 bits per heavy atom. The summed E-state index contributed by atoms with van der Waals surface area (Å²) in [5.74, 6) is -2.49. The van der Waals surface area contributed by atoms with Gasteiger partial charge in [-0.15, -0.1) is 0 Å². The Bertz CT molecular complexity index is 961. The van der Waals surface area contributed by atoms with Crippen LogP contribution in [0.25, 0.3) is 16.9 Å². The number of rotatable bonds is 3. The van der Waals surface area contributed by atoms with Crippen LogP contribution in [0, 0.1) is 17.5 Å².